The lowest BCUT2D eigenvalue weighted by atomic mass is 10.1. The highest BCUT2D eigenvalue weighted by molar-refractivity contribution is 5.97. The molecule has 0 bridgehead atoms. The third-order valence-corrected chi connectivity index (χ3v) is 3.02. The summed E-state index contributed by atoms with van der Waals surface area (Å²) in [5.74, 6) is -0.0508. The van der Waals surface area contributed by atoms with Gasteiger partial charge in [0, 0.05) is 18.5 Å². The van der Waals surface area contributed by atoms with Crippen LogP contribution in [0.2, 0.25) is 0 Å². The van der Waals surface area contributed by atoms with E-state index in [1.165, 1.54) is 0 Å². The van der Waals surface area contributed by atoms with Gasteiger partial charge in [0.1, 0.15) is 5.69 Å². The lowest BCUT2D eigenvalue weighted by Crippen LogP contribution is -2.31. The summed E-state index contributed by atoms with van der Waals surface area (Å²) in [5.41, 5.74) is 7.62. The van der Waals surface area contributed by atoms with Crippen LogP contribution < -0.4 is 5.73 Å². The van der Waals surface area contributed by atoms with Crippen molar-refractivity contribution in [1.29, 1.82) is 0 Å². The van der Waals surface area contributed by atoms with Crippen LogP contribution in [0, 0.1) is 0 Å². The Bertz CT molecular complexity index is 576. The monoisotopic (exact) mass is 243 g/mol. The Labute approximate surface area is 106 Å². The number of anilines is 1. The molecule has 0 aliphatic rings. The molecule has 94 valence electrons. The predicted octanol–water partition coefficient (Wildman–Crippen LogP) is 2.30. The second-order valence-electron chi connectivity index (χ2n) is 4.09. The van der Waals surface area contributed by atoms with Gasteiger partial charge in [0.15, 0.2) is 0 Å². The molecule has 1 aromatic carbocycles. The first-order valence-electron chi connectivity index (χ1n) is 6.11. The summed E-state index contributed by atoms with van der Waals surface area (Å²) in [4.78, 5) is 18.3. The first-order chi connectivity index (χ1) is 8.67. The van der Waals surface area contributed by atoms with E-state index in [1.807, 2.05) is 32.0 Å². The molecule has 0 aliphatic heterocycles. The van der Waals surface area contributed by atoms with Crippen LogP contribution in [0.3, 0.4) is 0 Å². The number of nitrogens with two attached hydrogens (primary N) is 1. The number of nitrogen functional groups attached to an aromatic ring is 1. The van der Waals surface area contributed by atoms with Crippen molar-refractivity contribution in [2.75, 3.05) is 18.8 Å². The van der Waals surface area contributed by atoms with E-state index >= 15 is 0 Å². The van der Waals surface area contributed by atoms with E-state index < -0.39 is 0 Å². The Morgan fingerprint density at radius 2 is 1.94 bits per heavy atom. The number of carbonyl (C=O) groups is 1. The molecule has 1 amide bonds. The highest BCUT2D eigenvalue weighted by Crippen LogP contribution is 2.19. The lowest BCUT2D eigenvalue weighted by molar-refractivity contribution is 0.0767. The highest BCUT2D eigenvalue weighted by Gasteiger charge is 2.14. The van der Waals surface area contributed by atoms with Gasteiger partial charge in [-0.1, -0.05) is 18.2 Å². The summed E-state index contributed by atoms with van der Waals surface area (Å²) in [6.07, 6.45) is 0. The van der Waals surface area contributed by atoms with Crippen LogP contribution in [0.25, 0.3) is 10.9 Å². The molecular formula is C14H17N3O. The van der Waals surface area contributed by atoms with Crippen LogP contribution >= 0.6 is 0 Å². The van der Waals surface area contributed by atoms with Crippen molar-refractivity contribution < 1.29 is 4.79 Å². The fourth-order valence-corrected chi connectivity index (χ4v) is 1.96. The molecule has 4 nitrogen and oxygen atoms in total. The van der Waals surface area contributed by atoms with E-state index in [0.29, 0.717) is 30.0 Å². The fourth-order valence-electron chi connectivity index (χ4n) is 1.96. The van der Waals surface area contributed by atoms with Crippen LogP contribution in [0.1, 0.15) is 24.3 Å². The molecule has 4 heteroatoms. The minimum Gasteiger partial charge on any atom is -0.397 e. The maximum atomic E-state index is 12.2. The second-order valence-corrected chi connectivity index (χ2v) is 4.09. The number of rotatable bonds is 3. The van der Waals surface area contributed by atoms with Gasteiger partial charge in [-0.05, 0) is 26.0 Å². The molecule has 0 fully saturated rings. The molecule has 2 N–H and O–H groups in total. The van der Waals surface area contributed by atoms with Crippen molar-refractivity contribution in [3.05, 3.63) is 36.0 Å². The zero-order chi connectivity index (χ0) is 13.1. The normalized spacial score (nSPS) is 10.6. The molecule has 2 rings (SSSR count). The molecule has 1 heterocycles. The van der Waals surface area contributed by atoms with E-state index in [9.17, 15) is 4.79 Å². The maximum Gasteiger partial charge on any atom is 0.272 e. The molecule has 0 atom stereocenters. The Balaban J connectivity index is 2.47. The third-order valence-electron chi connectivity index (χ3n) is 3.02. The van der Waals surface area contributed by atoms with Gasteiger partial charge in [0.05, 0.1) is 11.2 Å². The number of nitrogens with zero attached hydrogens (tertiary/aromatic N) is 2. The summed E-state index contributed by atoms with van der Waals surface area (Å²) in [6.45, 7) is 5.27. The number of aromatic nitrogens is 1. The molecule has 2 aromatic rings. The zero-order valence-electron chi connectivity index (χ0n) is 10.7. The van der Waals surface area contributed by atoms with Gasteiger partial charge in [-0.3, -0.25) is 4.79 Å². The number of para-hydroxylation sites is 1. The van der Waals surface area contributed by atoms with E-state index in [1.54, 1.807) is 17.0 Å². The minimum absolute atomic E-state index is 0.0508. The average molecular weight is 243 g/mol. The number of benzene rings is 1. The van der Waals surface area contributed by atoms with Gasteiger partial charge >= 0.3 is 0 Å². The van der Waals surface area contributed by atoms with Gasteiger partial charge in [-0.25, -0.2) is 4.98 Å². The molecular weight excluding hydrogens is 226 g/mol. The van der Waals surface area contributed by atoms with Crippen molar-refractivity contribution >= 4 is 22.5 Å². The molecule has 0 aliphatic carbocycles. The van der Waals surface area contributed by atoms with Crippen molar-refractivity contribution in [2.45, 2.75) is 13.8 Å². The van der Waals surface area contributed by atoms with E-state index in [4.69, 9.17) is 5.73 Å². The number of amides is 1. The van der Waals surface area contributed by atoms with Gasteiger partial charge in [-0.2, -0.15) is 0 Å². The van der Waals surface area contributed by atoms with Crippen molar-refractivity contribution in [2.24, 2.45) is 0 Å². The van der Waals surface area contributed by atoms with Gasteiger partial charge < -0.3 is 10.6 Å². The number of fused-ring (bicyclic) bond motifs is 1. The van der Waals surface area contributed by atoms with Crippen LogP contribution in [0.5, 0.6) is 0 Å². The van der Waals surface area contributed by atoms with E-state index in [2.05, 4.69) is 4.98 Å². The molecule has 18 heavy (non-hydrogen) atoms. The molecule has 0 spiro atoms. The second kappa shape index (κ2) is 5.04. The van der Waals surface area contributed by atoms with Crippen molar-refractivity contribution in [3.63, 3.8) is 0 Å². The number of pyridine rings is 1. The average Bonchev–Trinajstić information content (AvgIpc) is 2.40. The molecule has 0 saturated heterocycles. The molecule has 0 unspecified atom stereocenters. The Hall–Kier alpha value is -2.10. The number of hydrogen-bond donors (Lipinski definition) is 1. The first-order valence-corrected chi connectivity index (χ1v) is 6.11. The number of carbonyl (C=O) groups excluding carboxylic acids is 1. The Morgan fingerprint density at radius 1 is 1.22 bits per heavy atom. The molecule has 0 radical (unpaired) electrons. The largest absolute Gasteiger partial charge is 0.397 e. The SMILES string of the molecule is CCN(CC)C(=O)c1ccc2cccc(N)c2n1. The summed E-state index contributed by atoms with van der Waals surface area (Å²) < 4.78 is 0. The third kappa shape index (κ3) is 2.14. The van der Waals surface area contributed by atoms with Gasteiger partial charge in [0.25, 0.3) is 5.91 Å². The number of hydrogen-bond acceptors (Lipinski definition) is 3. The maximum absolute atomic E-state index is 12.2. The lowest BCUT2D eigenvalue weighted by Gasteiger charge is -2.18. The zero-order valence-corrected chi connectivity index (χ0v) is 10.7. The molecule has 1 aromatic heterocycles. The van der Waals surface area contributed by atoms with Crippen molar-refractivity contribution in [1.82, 2.24) is 9.88 Å². The molecule has 0 saturated carbocycles. The highest BCUT2D eigenvalue weighted by atomic mass is 16.2. The van der Waals surface area contributed by atoms with E-state index in [-0.39, 0.29) is 5.91 Å². The quantitative estimate of drug-likeness (QED) is 0.841. The van der Waals surface area contributed by atoms with Gasteiger partial charge in [-0.15, -0.1) is 0 Å². The van der Waals surface area contributed by atoms with Crippen LogP contribution in [-0.2, 0) is 0 Å². The van der Waals surface area contributed by atoms with E-state index in [0.717, 1.165) is 5.39 Å². The summed E-state index contributed by atoms with van der Waals surface area (Å²) in [6, 6.07) is 9.24. The van der Waals surface area contributed by atoms with Gasteiger partial charge in [0.2, 0.25) is 0 Å². The topological polar surface area (TPSA) is 59.2 Å². The Kier molecular flexibility index (Phi) is 3.46. The fraction of sp³-hybridized carbons (Fsp3) is 0.286. The van der Waals surface area contributed by atoms with Crippen LogP contribution in [0.4, 0.5) is 5.69 Å². The predicted molar refractivity (Wildman–Crippen MR) is 73.4 cm³/mol. The smallest absolute Gasteiger partial charge is 0.272 e. The Morgan fingerprint density at radius 3 is 2.61 bits per heavy atom. The van der Waals surface area contributed by atoms with Crippen LogP contribution in [0.15, 0.2) is 30.3 Å². The van der Waals surface area contributed by atoms with Crippen molar-refractivity contribution in [3.8, 4) is 0 Å². The first kappa shape index (κ1) is 12.4. The van der Waals surface area contributed by atoms with Crippen LogP contribution in [-0.4, -0.2) is 28.9 Å². The standard InChI is InChI=1S/C14H17N3O/c1-3-17(4-2)14(18)12-9-8-10-6-5-7-11(15)13(10)16-12/h5-9H,3-4,15H2,1-2H3. The summed E-state index contributed by atoms with van der Waals surface area (Å²) in [7, 11) is 0. The minimum atomic E-state index is -0.0508. The summed E-state index contributed by atoms with van der Waals surface area (Å²) in [5, 5.41) is 0.950. The summed E-state index contributed by atoms with van der Waals surface area (Å²) >= 11 is 0.